The Labute approximate surface area is 256 Å². The molecule has 11 heteroatoms. The lowest BCUT2D eigenvalue weighted by atomic mass is 9.89. The van der Waals surface area contributed by atoms with E-state index in [1.165, 1.54) is 0 Å². The number of aliphatic hydroxyl groups excluding tert-OH is 1. The molecule has 10 nitrogen and oxygen atoms in total. The van der Waals surface area contributed by atoms with Crippen molar-refractivity contribution in [3.8, 4) is 0 Å². The molecular weight excluding hydrogens is 564 g/mol. The van der Waals surface area contributed by atoms with Crippen LogP contribution in [0.5, 0.6) is 0 Å². The van der Waals surface area contributed by atoms with Gasteiger partial charge in [-0.2, -0.15) is 8.42 Å². The molecule has 0 aromatic rings. The topological polar surface area (TPSA) is 142 Å². The SMILES string of the molecule is CCC=C(C(=O)OCC)C(C)C.CCOC(=O)C(C(C)C)C(CC)OS(C)(=O)=O.CCOC(=O)C(C(C)C)C(O)CC. The number of hydrogen-bond donors (Lipinski definition) is 1. The van der Waals surface area contributed by atoms with Crippen LogP contribution in [0, 0.1) is 29.6 Å². The molecule has 4 atom stereocenters. The first-order valence-electron chi connectivity index (χ1n) is 15.2. The van der Waals surface area contributed by atoms with Crippen molar-refractivity contribution in [1.29, 1.82) is 0 Å². The first-order chi connectivity index (χ1) is 19.4. The van der Waals surface area contributed by atoms with Crippen molar-refractivity contribution in [3.05, 3.63) is 11.6 Å². The van der Waals surface area contributed by atoms with Gasteiger partial charge in [-0.25, -0.2) is 4.79 Å². The van der Waals surface area contributed by atoms with E-state index >= 15 is 0 Å². The molecule has 0 saturated heterocycles. The molecule has 250 valence electrons. The molecule has 0 rings (SSSR count). The van der Waals surface area contributed by atoms with Crippen molar-refractivity contribution in [2.24, 2.45) is 29.6 Å². The summed E-state index contributed by atoms with van der Waals surface area (Å²) in [5, 5.41) is 9.58. The summed E-state index contributed by atoms with van der Waals surface area (Å²) in [5.41, 5.74) is 0.791. The van der Waals surface area contributed by atoms with Crippen LogP contribution in [0.2, 0.25) is 0 Å². The van der Waals surface area contributed by atoms with Crippen molar-refractivity contribution in [2.75, 3.05) is 26.1 Å². The maximum atomic E-state index is 11.8. The van der Waals surface area contributed by atoms with Gasteiger partial charge in [-0.05, 0) is 57.8 Å². The highest BCUT2D eigenvalue weighted by Gasteiger charge is 2.34. The molecule has 0 radical (unpaired) electrons. The fourth-order valence-electron chi connectivity index (χ4n) is 4.05. The molecule has 0 amide bonds. The Hall–Kier alpha value is -1.98. The van der Waals surface area contributed by atoms with Crippen molar-refractivity contribution in [1.82, 2.24) is 0 Å². The van der Waals surface area contributed by atoms with Crippen molar-refractivity contribution >= 4 is 28.0 Å². The molecule has 1 N–H and O–H groups in total. The quantitative estimate of drug-likeness (QED) is 0.0981. The molecule has 0 heterocycles. The number of ether oxygens (including phenoxy) is 3. The highest BCUT2D eigenvalue weighted by atomic mass is 32.2. The molecule has 0 spiro atoms. The monoisotopic (exact) mass is 624 g/mol. The molecule has 0 aromatic heterocycles. The molecule has 0 saturated carbocycles. The second-order valence-corrected chi connectivity index (χ2v) is 12.3. The highest BCUT2D eigenvalue weighted by molar-refractivity contribution is 7.86. The van der Waals surface area contributed by atoms with Crippen LogP contribution in [0.1, 0.15) is 102 Å². The number of allylic oxidation sites excluding steroid dienone is 1. The van der Waals surface area contributed by atoms with Gasteiger partial charge in [0, 0.05) is 5.57 Å². The first-order valence-corrected chi connectivity index (χ1v) is 17.0. The van der Waals surface area contributed by atoms with Gasteiger partial charge in [0.15, 0.2) is 0 Å². The minimum absolute atomic E-state index is 0.0410. The lowest BCUT2D eigenvalue weighted by molar-refractivity contribution is -0.155. The van der Waals surface area contributed by atoms with Gasteiger partial charge in [0.1, 0.15) is 0 Å². The molecule has 0 aliphatic heterocycles. The number of carbonyl (C=O) groups excluding carboxylic acids is 3. The van der Waals surface area contributed by atoms with Gasteiger partial charge in [0.2, 0.25) is 0 Å². The van der Waals surface area contributed by atoms with Crippen LogP contribution < -0.4 is 0 Å². The third-order valence-corrected chi connectivity index (χ3v) is 6.64. The fraction of sp³-hybridized carbons (Fsp3) is 0.839. The van der Waals surface area contributed by atoms with Gasteiger partial charge in [0.05, 0.1) is 50.1 Å². The average Bonchev–Trinajstić information content (AvgIpc) is 2.86. The number of hydrogen-bond acceptors (Lipinski definition) is 10. The Morgan fingerprint density at radius 3 is 1.43 bits per heavy atom. The summed E-state index contributed by atoms with van der Waals surface area (Å²) in [5.74, 6) is -1.47. The maximum Gasteiger partial charge on any atom is 0.333 e. The van der Waals surface area contributed by atoms with Crippen molar-refractivity contribution in [3.63, 3.8) is 0 Å². The lowest BCUT2D eigenvalue weighted by Gasteiger charge is -2.26. The Bertz CT molecular complexity index is 878. The molecule has 0 aliphatic carbocycles. The summed E-state index contributed by atoms with van der Waals surface area (Å²) in [6.45, 7) is 23.6. The van der Waals surface area contributed by atoms with E-state index in [2.05, 4.69) is 0 Å². The van der Waals surface area contributed by atoms with Crippen molar-refractivity contribution < 1.29 is 46.3 Å². The van der Waals surface area contributed by atoms with Gasteiger partial charge in [-0.1, -0.05) is 68.4 Å². The first kappa shape index (κ1) is 44.5. The van der Waals surface area contributed by atoms with Gasteiger partial charge in [-0.3, -0.25) is 13.8 Å². The summed E-state index contributed by atoms with van der Waals surface area (Å²) in [6.07, 6.45) is 3.58. The minimum atomic E-state index is -3.57. The summed E-state index contributed by atoms with van der Waals surface area (Å²) in [4.78, 5) is 34.5. The van der Waals surface area contributed by atoms with Gasteiger partial charge >= 0.3 is 17.9 Å². The van der Waals surface area contributed by atoms with Crippen LogP contribution >= 0.6 is 0 Å². The van der Waals surface area contributed by atoms with E-state index in [0.717, 1.165) is 18.2 Å². The van der Waals surface area contributed by atoms with E-state index in [-0.39, 0.29) is 42.2 Å². The third-order valence-electron chi connectivity index (χ3n) is 6.05. The molecule has 0 aliphatic rings. The normalized spacial score (nSPS) is 14.5. The van der Waals surface area contributed by atoms with Crippen molar-refractivity contribution in [2.45, 2.75) is 115 Å². The van der Waals surface area contributed by atoms with E-state index in [9.17, 15) is 27.9 Å². The Balaban J connectivity index is -0.000000554. The van der Waals surface area contributed by atoms with Crippen LogP contribution in [0.4, 0.5) is 0 Å². The summed E-state index contributed by atoms with van der Waals surface area (Å²) in [6, 6.07) is 0. The number of aliphatic hydroxyl groups is 1. The van der Waals surface area contributed by atoms with E-state index in [1.807, 2.05) is 68.4 Å². The molecule has 42 heavy (non-hydrogen) atoms. The zero-order valence-electron chi connectivity index (χ0n) is 28.4. The Morgan fingerprint density at radius 1 is 0.714 bits per heavy atom. The predicted molar refractivity (Wildman–Crippen MR) is 166 cm³/mol. The van der Waals surface area contributed by atoms with Gasteiger partial charge in [0.25, 0.3) is 10.1 Å². The standard InChI is InChI=1S/C11H22O5S.C10H20O3.C10H18O2/c1-6-9(16-17(5,13)14)10(8(3)4)11(12)15-7-2;1-5-8(11)9(7(3)4)10(12)13-6-2;1-5-7-9(8(3)4)10(11)12-6-2/h8-10H,6-7H2,1-5H3;7-9,11H,5-6H2,1-4H3;7-8H,5-6H2,1-4H3. The van der Waals surface area contributed by atoms with Crippen LogP contribution in [0.25, 0.3) is 0 Å². The number of rotatable bonds is 16. The van der Waals surface area contributed by atoms with E-state index in [4.69, 9.17) is 18.4 Å². The predicted octanol–water partition coefficient (Wildman–Crippen LogP) is 5.71. The van der Waals surface area contributed by atoms with Gasteiger partial charge < -0.3 is 19.3 Å². The van der Waals surface area contributed by atoms with Crippen LogP contribution in [-0.4, -0.2) is 69.7 Å². The fourth-order valence-corrected chi connectivity index (χ4v) is 4.76. The second kappa shape index (κ2) is 24.5. The minimum Gasteiger partial charge on any atom is -0.466 e. The summed E-state index contributed by atoms with van der Waals surface area (Å²) < 4.78 is 42.0. The molecule has 4 unspecified atom stereocenters. The van der Waals surface area contributed by atoms with Gasteiger partial charge in [-0.15, -0.1) is 0 Å². The number of esters is 3. The maximum absolute atomic E-state index is 11.8. The number of carbonyl (C=O) groups is 3. The largest absolute Gasteiger partial charge is 0.466 e. The highest BCUT2D eigenvalue weighted by Crippen LogP contribution is 2.24. The Morgan fingerprint density at radius 2 is 1.14 bits per heavy atom. The Kier molecular flexibility index (Phi) is 25.9. The average molecular weight is 625 g/mol. The smallest absolute Gasteiger partial charge is 0.333 e. The van der Waals surface area contributed by atoms with E-state index in [0.29, 0.717) is 26.1 Å². The summed E-state index contributed by atoms with van der Waals surface area (Å²) >= 11 is 0. The molecule has 0 fully saturated rings. The lowest BCUT2D eigenvalue weighted by Crippen LogP contribution is -2.36. The molecule has 0 bridgehead atoms. The van der Waals surface area contributed by atoms with Crippen LogP contribution in [-0.2, 0) is 42.9 Å². The zero-order chi connectivity index (χ0) is 33.6. The third kappa shape index (κ3) is 20.0. The summed E-state index contributed by atoms with van der Waals surface area (Å²) in [7, 11) is -3.57. The zero-order valence-corrected chi connectivity index (χ0v) is 29.2. The molecular formula is C31H60O10S. The molecule has 0 aromatic carbocycles. The van der Waals surface area contributed by atoms with E-state index < -0.39 is 34.2 Å². The second-order valence-electron chi connectivity index (χ2n) is 10.7. The van der Waals surface area contributed by atoms with Crippen LogP contribution in [0.3, 0.4) is 0 Å². The van der Waals surface area contributed by atoms with E-state index in [1.54, 1.807) is 20.8 Å². The van der Waals surface area contributed by atoms with Crippen LogP contribution in [0.15, 0.2) is 11.6 Å².